The van der Waals surface area contributed by atoms with Gasteiger partial charge >= 0.3 is 0 Å². The normalized spacial score (nSPS) is 12.5. The van der Waals surface area contributed by atoms with Crippen LogP contribution in [0.3, 0.4) is 0 Å². The Labute approximate surface area is 150 Å². The Morgan fingerprint density at radius 1 is 1.21 bits per heavy atom. The van der Waals surface area contributed by atoms with E-state index < -0.39 is 0 Å². The average molecular weight is 386 g/mol. The molecule has 0 saturated heterocycles. The summed E-state index contributed by atoms with van der Waals surface area (Å²) in [4.78, 5) is 17.1. The van der Waals surface area contributed by atoms with E-state index in [4.69, 9.17) is 0 Å². The van der Waals surface area contributed by atoms with Gasteiger partial charge in [0.2, 0.25) is 5.91 Å². The molecule has 24 heavy (non-hydrogen) atoms. The van der Waals surface area contributed by atoms with Gasteiger partial charge in [-0.1, -0.05) is 48.0 Å². The molecule has 3 aromatic rings. The molecule has 1 atom stereocenters. The topological polar surface area (TPSA) is 46.4 Å². The van der Waals surface area contributed by atoms with Crippen LogP contribution in [0.5, 0.6) is 0 Å². The molecule has 0 aliphatic rings. The van der Waals surface area contributed by atoms with E-state index >= 15 is 0 Å². The Morgan fingerprint density at radius 2 is 1.96 bits per heavy atom. The van der Waals surface area contributed by atoms with E-state index in [1.54, 1.807) is 0 Å². The van der Waals surface area contributed by atoms with Gasteiger partial charge in [-0.25, -0.2) is 4.98 Å². The number of nitrogens with one attached hydrogen (secondary N) is 1. The van der Waals surface area contributed by atoms with E-state index in [-0.39, 0.29) is 17.7 Å². The number of fused-ring (bicyclic) bond motifs is 1. The zero-order valence-corrected chi connectivity index (χ0v) is 15.3. The number of rotatable bonds is 5. The molecule has 2 aromatic heterocycles. The minimum Gasteiger partial charge on any atom is -0.348 e. The first kappa shape index (κ1) is 16.7. The van der Waals surface area contributed by atoms with Crippen LogP contribution in [0.2, 0.25) is 0 Å². The van der Waals surface area contributed by atoms with E-state index in [1.807, 2.05) is 59.3 Å². The first-order valence-electron chi connectivity index (χ1n) is 8.00. The fourth-order valence-corrected chi connectivity index (χ4v) is 3.18. The lowest BCUT2D eigenvalue weighted by Gasteiger charge is -2.20. The number of imidazole rings is 1. The number of hydrogen-bond acceptors (Lipinski definition) is 2. The molecule has 4 nitrogen and oxygen atoms in total. The van der Waals surface area contributed by atoms with Gasteiger partial charge in [-0.3, -0.25) is 4.79 Å². The molecule has 0 aliphatic carbocycles. The van der Waals surface area contributed by atoms with Crippen LogP contribution < -0.4 is 5.32 Å². The number of hydrogen-bond donors (Lipinski definition) is 1. The predicted octanol–water partition coefficient (Wildman–Crippen LogP) is 4.15. The smallest absolute Gasteiger partial charge is 0.228 e. The van der Waals surface area contributed by atoms with Crippen molar-refractivity contribution in [1.82, 2.24) is 14.7 Å². The van der Waals surface area contributed by atoms with Gasteiger partial charge in [0.25, 0.3) is 0 Å². The second-order valence-corrected chi connectivity index (χ2v) is 7.08. The Bertz CT molecular complexity index is 839. The fraction of sp³-hybridized carbons (Fsp3) is 0.263. The first-order chi connectivity index (χ1) is 11.6. The summed E-state index contributed by atoms with van der Waals surface area (Å²) in [5.74, 6) is 0.893. The van der Waals surface area contributed by atoms with Gasteiger partial charge in [-0.15, -0.1) is 0 Å². The van der Waals surface area contributed by atoms with E-state index in [9.17, 15) is 4.79 Å². The van der Waals surface area contributed by atoms with E-state index in [0.717, 1.165) is 21.4 Å². The van der Waals surface area contributed by atoms with E-state index in [1.165, 1.54) is 0 Å². The van der Waals surface area contributed by atoms with Crippen LogP contribution in [0.25, 0.3) is 5.52 Å². The summed E-state index contributed by atoms with van der Waals surface area (Å²) in [6, 6.07) is 13.9. The monoisotopic (exact) mass is 385 g/mol. The molecule has 0 bridgehead atoms. The maximum atomic E-state index is 12.7. The lowest BCUT2D eigenvalue weighted by molar-refractivity contribution is -0.123. The number of carbonyl (C=O) groups excluding carboxylic acids is 1. The van der Waals surface area contributed by atoms with Crippen molar-refractivity contribution < 1.29 is 4.79 Å². The SMILES string of the molecule is CC(C)C(C(=O)NCc1ncc2ccccn12)c1ccc(Br)cc1. The summed E-state index contributed by atoms with van der Waals surface area (Å²) < 4.78 is 3.00. The molecule has 1 aromatic carbocycles. The van der Waals surface area contributed by atoms with Crippen molar-refractivity contribution in [2.75, 3.05) is 0 Å². The maximum absolute atomic E-state index is 12.7. The third-order valence-electron chi connectivity index (χ3n) is 4.11. The average Bonchev–Trinajstić information content (AvgIpc) is 2.98. The highest BCUT2D eigenvalue weighted by Crippen LogP contribution is 2.26. The van der Waals surface area contributed by atoms with Crippen molar-refractivity contribution in [1.29, 1.82) is 0 Å². The Balaban J connectivity index is 1.75. The molecule has 0 saturated carbocycles. The molecule has 2 heterocycles. The number of amides is 1. The highest BCUT2D eigenvalue weighted by molar-refractivity contribution is 9.10. The van der Waals surface area contributed by atoms with Crippen LogP contribution in [-0.4, -0.2) is 15.3 Å². The predicted molar refractivity (Wildman–Crippen MR) is 98.8 cm³/mol. The molecular formula is C19H20BrN3O. The highest BCUT2D eigenvalue weighted by Gasteiger charge is 2.24. The van der Waals surface area contributed by atoms with Crippen LogP contribution in [0.4, 0.5) is 0 Å². The van der Waals surface area contributed by atoms with Crippen LogP contribution in [0.15, 0.2) is 59.3 Å². The third-order valence-corrected chi connectivity index (χ3v) is 4.64. The van der Waals surface area contributed by atoms with Gasteiger partial charge < -0.3 is 9.72 Å². The number of pyridine rings is 1. The van der Waals surface area contributed by atoms with E-state index in [0.29, 0.717) is 6.54 Å². The van der Waals surface area contributed by atoms with Crippen molar-refractivity contribution in [2.24, 2.45) is 5.92 Å². The lowest BCUT2D eigenvalue weighted by atomic mass is 9.87. The molecule has 5 heteroatoms. The van der Waals surface area contributed by atoms with Crippen molar-refractivity contribution in [3.05, 3.63) is 70.7 Å². The minimum atomic E-state index is -0.177. The molecular weight excluding hydrogens is 366 g/mol. The first-order valence-corrected chi connectivity index (χ1v) is 8.79. The van der Waals surface area contributed by atoms with Crippen molar-refractivity contribution in [2.45, 2.75) is 26.3 Å². The molecule has 0 fully saturated rings. The van der Waals surface area contributed by atoms with Crippen LogP contribution in [0.1, 0.15) is 31.2 Å². The van der Waals surface area contributed by atoms with Crippen molar-refractivity contribution in [3.63, 3.8) is 0 Å². The quantitative estimate of drug-likeness (QED) is 0.716. The molecule has 0 aliphatic heterocycles. The van der Waals surface area contributed by atoms with Crippen LogP contribution in [0, 0.1) is 5.92 Å². The zero-order valence-electron chi connectivity index (χ0n) is 13.7. The maximum Gasteiger partial charge on any atom is 0.228 e. The molecule has 124 valence electrons. The molecule has 1 amide bonds. The number of benzene rings is 1. The summed E-state index contributed by atoms with van der Waals surface area (Å²) in [6.45, 7) is 4.55. The van der Waals surface area contributed by atoms with Crippen molar-refractivity contribution >= 4 is 27.4 Å². The number of nitrogens with zero attached hydrogens (tertiary/aromatic N) is 2. The summed E-state index contributed by atoms with van der Waals surface area (Å²) in [5.41, 5.74) is 2.05. The van der Waals surface area contributed by atoms with Gasteiger partial charge in [0.1, 0.15) is 5.82 Å². The lowest BCUT2D eigenvalue weighted by Crippen LogP contribution is -2.32. The molecule has 1 unspecified atom stereocenters. The number of aromatic nitrogens is 2. The second kappa shape index (κ2) is 7.18. The summed E-state index contributed by atoms with van der Waals surface area (Å²) in [5, 5.41) is 3.04. The summed E-state index contributed by atoms with van der Waals surface area (Å²) in [6.07, 6.45) is 3.77. The van der Waals surface area contributed by atoms with Gasteiger partial charge in [0.05, 0.1) is 24.2 Å². The van der Waals surface area contributed by atoms with Crippen LogP contribution in [-0.2, 0) is 11.3 Å². The summed E-state index contributed by atoms with van der Waals surface area (Å²) >= 11 is 3.44. The fourth-order valence-electron chi connectivity index (χ4n) is 2.92. The minimum absolute atomic E-state index is 0.0278. The Hall–Kier alpha value is -2.14. The highest BCUT2D eigenvalue weighted by atomic mass is 79.9. The molecule has 0 radical (unpaired) electrons. The summed E-state index contributed by atoms with van der Waals surface area (Å²) in [7, 11) is 0. The Kier molecular flexibility index (Phi) is 5.00. The van der Waals surface area contributed by atoms with E-state index in [2.05, 4.69) is 40.1 Å². The van der Waals surface area contributed by atoms with Gasteiger partial charge in [0.15, 0.2) is 0 Å². The Morgan fingerprint density at radius 3 is 2.67 bits per heavy atom. The number of halogens is 1. The van der Waals surface area contributed by atoms with Gasteiger partial charge in [0, 0.05) is 10.7 Å². The molecule has 0 spiro atoms. The standard InChI is InChI=1S/C19H20BrN3O/c1-13(2)18(14-6-8-15(20)9-7-14)19(24)22-12-17-21-11-16-5-3-4-10-23(16)17/h3-11,13,18H,12H2,1-2H3,(H,22,24). The van der Waals surface area contributed by atoms with Gasteiger partial charge in [-0.2, -0.15) is 0 Å². The molecule has 1 N–H and O–H groups in total. The largest absolute Gasteiger partial charge is 0.348 e. The van der Waals surface area contributed by atoms with Crippen LogP contribution >= 0.6 is 15.9 Å². The number of carbonyl (C=O) groups is 1. The van der Waals surface area contributed by atoms with Gasteiger partial charge in [-0.05, 0) is 35.7 Å². The third kappa shape index (κ3) is 3.51. The second-order valence-electron chi connectivity index (χ2n) is 6.16. The zero-order chi connectivity index (χ0) is 17.1. The van der Waals surface area contributed by atoms with Crippen molar-refractivity contribution in [3.8, 4) is 0 Å². The molecule has 3 rings (SSSR count).